The number of aromatic amines is 1. The maximum atomic E-state index is 13.3. The summed E-state index contributed by atoms with van der Waals surface area (Å²) in [7, 11) is 1.55. The molecule has 0 aliphatic carbocycles. The predicted molar refractivity (Wildman–Crippen MR) is 104 cm³/mol. The second-order valence-corrected chi connectivity index (χ2v) is 6.39. The van der Waals surface area contributed by atoms with Gasteiger partial charge in [0.2, 0.25) is 11.2 Å². The smallest absolute Gasteiger partial charge is 0.341 e. The maximum Gasteiger partial charge on any atom is 0.341 e. The number of nitrogens with zero attached hydrogens (tertiary/aromatic N) is 1. The standard InChI is InChI=1S/C21H16N2O5/c1-11-17(23-8-4-3-5-16(23)20(11)28-2)18(24)12-6-7-15-13(9-12)19(25)14(10-22-15)21(26)27/h3-10H,1-2H3,(H,22,25)(H,26,27). The van der Waals surface area contributed by atoms with Crippen LogP contribution in [-0.2, 0) is 0 Å². The summed E-state index contributed by atoms with van der Waals surface area (Å²) >= 11 is 0. The number of pyridine rings is 2. The molecule has 0 radical (unpaired) electrons. The number of ether oxygens (including phenoxy) is 1. The van der Waals surface area contributed by atoms with Crippen molar-refractivity contribution < 1.29 is 19.4 Å². The third kappa shape index (κ3) is 2.48. The molecule has 0 atom stereocenters. The number of ketones is 1. The van der Waals surface area contributed by atoms with Crippen molar-refractivity contribution in [3.63, 3.8) is 0 Å². The van der Waals surface area contributed by atoms with E-state index in [4.69, 9.17) is 9.84 Å². The quantitative estimate of drug-likeness (QED) is 0.533. The molecule has 0 aliphatic heterocycles. The number of H-pyrrole nitrogens is 1. The van der Waals surface area contributed by atoms with Crippen LogP contribution >= 0.6 is 0 Å². The first-order valence-corrected chi connectivity index (χ1v) is 8.51. The highest BCUT2D eigenvalue weighted by atomic mass is 16.5. The average Bonchev–Trinajstić information content (AvgIpc) is 2.98. The minimum absolute atomic E-state index is 0.149. The minimum Gasteiger partial charge on any atom is -0.494 e. The highest BCUT2D eigenvalue weighted by Gasteiger charge is 2.23. The van der Waals surface area contributed by atoms with E-state index in [0.717, 1.165) is 11.7 Å². The first-order valence-electron chi connectivity index (χ1n) is 8.51. The molecule has 0 spiro atoms. The molecule has 0 bridgehead atoms. The third-order valence-corrected chi connectivity index (χ3v) is 4.82. The van der Waals surface area contributed by atoms with Crippen LogP contribution in [0.25, 0.3) is 16.4 Å². The molecular weight excluding hydrogens is 360 g/mol. The van der Waals surface area contributed by atoms with Crippen molar-refractivity contribution in [2.75, 3.05) is 7.11 Å². The summed E-state index contributed by atoms with van der Waals surface area (Å²) in [6.45, 7) is 1.80. The highest BCUT2D eigenvalue weighted by Crippen LogP contribution is 2.31. The van der Waals surface area contributed by atoms with E-state index in [9.17, 15) is 14.4 Å². The summed E-state index contributed by atoms with van der Waals surface area (Å²) < 4.78 is 7.21. The lowest BCUT2D eigenvalue weighted by atomic mass is 10.0. The molecule has 2 N–H and O–H groups in total. The number of benzene rings is 1. The number of hydrogen-bond acceptors (Lipinski definition) is 4. The number of aromatic nitrogens is 2. The number of carboxylic acids is 1. The van der Waals surface area contributed by atoms with E-state index >= 15 is 0 Å². The van der Waals surface area contributed by atoms with Crippen LogP contribution in [-0.4, -0.2) is 33.4 Å². The van der Waals surface area contributed by atoms with Crippen LogP contribution in [0, 0.1) is 6.92 Å². The van der Waals surface area contributed by atoms with Gasteiger partial charge in [-0.25, -0.2) is 4.79 Å². The summed E-state index contributed by atoms with van der Waals surface area (Å²) in [5, 5.41) is 9.31. The van der Waals surface area contributed by atoms with Crippen molar-refractivity contribution in [3.05, 3.63) is 81.4 Å². The molecule has 4 aromatic rings. The summed E-state index contributed by atoms with van der Waals surface area (Å²) in [6, 6.07) is 10.2. The summed E-state index contributed by atoms with van der Waals surface area (Å²) in [4.78, 5) is 39.8. The van der Waals surface area contributed by atoms with Gasteiger partial charge in [0.15, 0.2) is 0 Å². The first-order chi connectivity index (χ1) is 13.4. The Hall–Kier alpha value is -3.87. The lowest BCUT2D eigenvalue weighted by molar-refractivity contribution is 0.0695. The fourth-order valence-corrected chi connectivity index (χ4v) is 3.50. The van der Waals surface area contributed by atoms with Crippen LogP contribution in [0.2, 0.25) is 0 Å². The molecule has 3 aromatic heterocycles. The van der Waals surface area contributed by atoms with Crippen molar-refractivity contribution in [1.82, 2.24) is 9.38 Å². The van der Waals surface area contributed by atoms with Crippen LogP contribution in [0.5, 0.6) is 5.75 Å². The molecule has 140 valence electrons. The van der Waals surface area contributed by atoms with Gasteiger partial charge in [-0.05, 0) is 37.3 Å². The zero-order valence-corrected chi connectivity index (χ0v) is 15.1. The van der Waals surface area contributed by atoms with Gasteiger partial charge in [0.25, 0.3) is 0 Å². The van der Waals surface area contributed by atoms with Crippen LogP contribution in [0.4, 0.5) is 0 Å². The van der Waals surface area contributed by atoms with Crippen LogP contribution in [0.3, 0.4) is 0 Å². The number of aromatic carboxylic acids is 1. The SMILES string of the molecule is COc1c(C)c(C(=O)c2ccc3[nH]cc(C(=O)O)c(=O)c3c2)n2ccccc12. The fourth-order valence-electron chi connectivity index (χ4n) is 3.50. The predicted octanol–water partition coefficient (Wildman–Crippen LogP) is 3.03. The molecule has 7 nitrogen and oxygen atoms in total. The summed E-state index contributed by atoms with van der Waals surface area (Å²) in [5.41, 5.74) is 1.62. The fraction of sp³-hybridized carbons (Fsp3) is 0.0952. The number of rotatable bonds is 4. The molecule has 0 saturated heterocycles. The Morgan fingerprint density at radius 3 is 2.68 bits per heavy atom. The van der Waals surface area contributed by atoms with E-state index in [2.05, 4.69) is 4.98 Å². The monoisotopic (exact) mass is 376 g/mol. The third-order valence-electron chi connectivity index (χ3n) is 4.82. The van der Waals surface area contributed by atoms with Gasteiger partial charge in [0.1, 0.15) is 17.0 Å². The van der Waals surface area contributed by atoms with Crippen molar-refractivity contribution in [2.24, 2.45) is 0 Å². The van der Waals surface area contributed by atoms with Crippen LogP contribution in [0.15, 0.2) is 53.6 Å². The molecule has 4 rings (SSSR count). The summed E-state index contributed by atoms with van der Waals surface area (Å²) in [5.74, 6) is -1.00. The van der Waals surface area contributed by atoms with Gasteiger partial charge in [-0.15, -0.1) is 0 Å². The molecule has 0 fully saturated rings. The van der Waals surface area contributed by atoms with Crippen LogP contribution < -0.4 is 10.2 Å². The van der Waals surface area contributed by atoms with Gasteiger partial charge in [-0.3, -0.25) is 9.59 Å². The Kier molecular flexibility index (Phi) is 4.00. The van der Waals surface area contributed by atoms with Gasteiger partial charge in [-0.2, -0.15) is 0 Å². The van der Waals surface area contributed by atoms with Gasteiger partial charge in [-0.1, -0.05) is 6.07 Å². The number of carboxylic acid groups (broad SMARTS) is 1. The van der Waals surface area contributed by atoms with E-state index in [1.54, 1.807) is 36.8 Å². The lowest BCUT2D eigenvalue weighted by Gasteiger charge is -2.06. The second kappa shape index (κ2) is 6.38. The van der Waals surface area contributed by atoms with E-state index in [0.29, 0.717) is 22.5 Å². The van der Waals surface area contributed by atoms with Crippen molar-refractivity contribution >= 4 is 28.2 Å². The van der Waals surface area contributed by atoms with Gasteiger partial charge >= 0.3 is 5.97 Å². The minimum atomic E-state index is -1.32. The van der Waals surface area contributed by atoms with E-state index in [-0.39, 0.29) is 22.3 Å². The molecule has 3 heterocycles. The largest absolute Gasteiger partial charge is 0.494 e. The Labute approximate surface area is 158 Å². The van der Waals surface area contributed by atoms with E-state index in [1.165, 1.54) is 6.07 Å². The van der Waals surface area contributed by atoms with Crippen LogP contribution in [0.1, 0.15) is 32.0 Å². The number of nitrogens with one attached hydrogen (secondary N) is 1. The molecule has 7 heteroatoms. The molecule has 1 aromatic carbocycles. The highest BCUT2D eigenvalue weighted by molar-refractivity contribution is 6.12. The number of hydrogen-bond donors (Lipinski definition) is 2. The molecular formula is C21H16N2O5. The normalized spacial score (nSPS) is 11.1. The van der Waals surface area contributed by atoms with Gasteiger partial charge < -0.3 is 19.2 Å². The molecule has 28 heavy (non-hydrogen) atoms. The topological polar surface area (TPSA) is 101 Å². The first kappa shape index (κ1) is 17.5. The number of fused-ring (bicyclic) bond motifs is 2. The Bertz CT molecular complexity index is 1330. The lowest BCUT2D eigenvalue weighted by Crippen LogP contribution is -2.16. The zero-order chi connectivity index (χ0) is 20.0. The molecule has 0 amide bonds. The summed E-state index contributed by atoms with van der Waals surface area (Å²) in [6.07, 6.45) is 2.93. The maximum absolute atomic E-state index is 13.3. The molecule has 0 aliphatic rings. The Morgan fingerprint density at radius 2 is 1.96 bits per heavy atom. The number of carbonyl (C=O) groups is 2. The number of methoxy groups -OCH3 is 1. The second-order valence-electron chi connectivity index (χ2n) is 6.39. The van der Waals surface area contributed by atoms with Crippen molar-refractivity contribution in [2.45, 2.75) is 6.92 Å². The van der Waals surface area contributed by atoms with Gasteiger partial charge in [0.05, 0.1) is 12.6 Å². The van der Waals surface area contributed by atoms with Gasteiger partial charge in [0, 0.05) is 34.4 Å². The van der Waals surface area contributed by atoms with E-state index in [1.807, 2.05) is 18.2 Å². The molecule has 0 unspecified atom stereocenters. The zero-order valence-electron chi connectivity index (χ0n) is 15.1. The Balaban J connectivity index is 1.94. The number of carbonyl (C=O) groups excluding carboxylic acids is 1. The van der Waals surface area contributed by atoms with E-state index < -0.39 is 11.4 Å². The molecule has 0 saturated carbocycles. The van der Waals surface area contributed by atoms with Crippen molar-refractivity contribution in [3.8, 4) is 5.75 Å². The average molecular weight is 376 g/mol. The Morgan fingerprint density at radius 1 is 1.18 bits per heavy atom. The van der Waals surface area contributed by atoms with Crippen molar-refractivity contribution in [1.29, 1.82) is 0 Å².